The molecule has 0 spiro atoms. The third kappa shape index (κ3) is 5.46. The minimum Gasteiger partial charge on any atom is -0.383 e. The second-order valence-electron chi connectivity index (χ2n) is 12.5. The molecule has 44 heavy (non-hydrogen) atoms. The van der Waals surface area contributed by atoms with Crippen LogP contribution in [0.5, 0.6) is 0 Å². The summed E-state index contributed by atoms with van der Waals surface area (Å²) in [4.78, 5) is 8.66. The molecule has 0 radical (unpaired) electrons. The van der Waals surface area contributed by atoms with Crippen molar-refractivity contribution in [3.63, 3.8) is 0 Å². The minimum absolute atomic E-state index is 0.0478. The number of halogens is 3. The third-order valence-electron chi connectivity index (χ3n) is 8.02. The summed E-state index contributed by atoms with van der Waals surface area (Å²) in [6, 6.07) is 11.2. The Morgan fingerprint density at radius 3 is 2.66 bits per heavy atom. The summed E-state index contributed by atoms with van der Waals surface area (Å²) < 4.78 is 31.2. The van der Waals surface area contributed by atoms with Crippen molar-refractivity contribution in [3.05, 3.63) is 88.9 Å². The van der Waals surface area contributed by atoms with Crippen LogP contribution < -0.4 is 10.6 Å². The fourth-order valence-corrected chi connectivity index (χ4v) is 5.65. The van der Waals surface area contributed by atoms with Gasteiger partial charge in [0.1, 0.15) is 17.3 Å². The maximum absolute atomic E-state index is 14.0. The van der Waals surface area contributed by atoms with Crippen LogP contribution in [0.1, 0.15) is 62.0 Å². The molecular weight excluding hydrogens is 584 g/mol. The van der Waals surface area contributed by atoms with Gasteiger partial charge in [-0.05, 0) is 54.5 Å². The largest absolute Gasteiger partial charge is 0.383 e. The number of benzene rings is 2. The number of fused-ring (bicyclic) bond motifs is 1. The molecule has 12 heteroatoms. The van der Waals surface area contributed by atoms with E-state index < -0.39 is 18.0 Å². The Morgan fingerprint density at radius 1 is 1.20 bits per heavy atom. The SMILES string of the molecule is Cc1c([C@H](Nc2cc(Cl)c3ncc(C#N)c(NCC(C)(C)C)c3c2)c2cn(C3(C(F)F)CC3)nn2)cccc1-n1ccnc1. The molecule has 3 aromatic heterocycles. The van der Waals surface area contributed by atoms with Crippen molar-refractivity contribution in [3.8, 4) is 11.8 Å². The van der Waals surface area contributed by atoms with Crippen molar-refractivity contribution in [2.45, 2.75) is 58.5 Å². The predicted octanol–water partition coefficient (Wildman–Crippen LogP) is 7.26. The molecule has 1 fully saturated rings. The molecule has 1 aliphatic rings. The monoisotopic (exact) mass is 615 g/mol. The van der Waals surface area contributed by atoms with Crippen LogP contribution in [0.2, 0.25) is 5.02 Å². The van der Waals surface area contributed by atoms with E-state index in [2.05, 4.69) is 57.8 Å². The lowest BCUT2D eigenvalue weighted by Gasteiger charge is -2.24. The first-order valence-electron chi connectivity index (χ1n) is 14.3. The standard InChI is InChI=1S/C32H32ClF2N9/c1-19-22(6-5-7-26(19)43-11-10-37-18-43)29(25-16-44(42-41-25)32(8-9-32)30(34)35)40-21-12-23-27(39-17-31(2,3)4)20(14-36)15-38-28(23)24(33)13-21/h5-7,10-13,15-16,18,29-30,40H,8-9,17H2,1-4H3,(H,38,39)/t29-/m0/s1. The molecule has 6 rings (SSSR count). The van der Waals surface area contributed by atoms with E-state index in [0.717, 1.165) is 16.8 Å². The Kier molecular flexibility index (Phi) is 7.49. The fourth-order valence-electron chi connectivity index (χ4n) is 5.39. The van der Waals surface area contributed by atoms with Crippen LogP contribution in [0.15, 0.2) is 61.4 Å². The molecule has 2 aromatic carbocycles. The molecule has 1 atom stereocenters. The Balaban J connectivity index is 1.48. The first kappa shape index (κ1) is 29.5. The predicted molar refractivity (Wildman–Crippen MR) is 166 cm³/mol. The molecule has 0 saturated heterocycles. The summed E-state index contributed by atoms with van der Waals surface area (Å²) in [5.41, 5.74) is 4.09. The summed E-state index contributed by atoms with van der Waals surface area (Å²) in [5, 5.41) is 26.5. The van der Waals surface area contributed by atoms with E-state index in [1.54, 1.807) is 24.8 Å². The van der Waals surface area contributed by atoms with E-state index in [4.69, 9.17) is 11.6 Å². The number of nitrogens with one attached hydrogen (secondary N) is 2. The number of alkyl halides is 2. The number of pyridine rings is 1. The summed E-state index contributed by atoms with van der Waals surface area (Å²) in [5.74, 6) is 0. The Morgan fingerprint density at radius 2 is 2.00 bits per heavy atom. The summed E-state index contributed by atoms with van der Waals surface area (Å²) in [6.07, 6.45) is 6.56. The molecule has 1 aliphatic carbocycles. The Labute approximate surface area is 258 Å². The van der Waals surface area contributed by atoms with Gasteiger partial charge in [-0.2, -0.15) is 5.26 Å². The van der Waals surface area contributed by atoms with Crippen molar-refractivity contribution in [1.29, 1.82) is 5.26 Å². The van der Waals surface area contributed by atoms with Crippen LogP contribution in [0, 0.1) is 23.7 Å². The van der Waals surface area contributed by atoms with Gasteiger partial charge in [-0.25, -0.2) is 18.4 Å². The van der Waals surface area contributed by atoms with E-state index >= 15 is 0 Å². The van der Waals surface area contributed by atoms with Gasteiger partial charge in [-0.3, -0.25) is 4.98 Å². The van der Waals surface area contributed by atoms with Gasteiger partial charge in [0.25, 0.3) is 6.43 Å². The fraction of sp³-hybridized carbons (Fsp3) is 0.344. The van der Waals surface area contributed by atoms with Gasteiger partial charge in [0.2, 0.25) is 0 Å². The van der Waals surface area contributed by atoms with Crippen LogP contribution >= 0.6 is 11.6 Å². The topological polar surface area (TPSA) is 109 Å². The molecule has 5 aromatic rings. The maximum atomic E-state index is 14.0. The highest BCUT2D eigenvalue weighted by molar-refractivity contribution is 6.35. The number of nitrogens with zero attached hydrogens (tertiary/aromatic N) is 7. The zero-order valence-electron chi connectivity index (χ0n) is 24.8. The zero-order valence-corrected chi connectivity index (χ0v) is 25.6. The first-order chi connectivity index (χ1) is 21.0. The number of hydrogen-bond acceptors (Lipinski definition) is 7. The van der Waals surface area contributed by atoms with Crippen LogP contribution in [-0.2, 0) is 5.54 Å². The second-order valence-corrected chi connectivity index (χ2v) is 12.9. The lowest BCUT2D eigenvalue weighted by atomic mass is 9.96. The van der Waals surface area contributed by atoms with Gasteiger partial charge < -0.3 is 15.2 Å². The van der Waals surface area contributed by atoms with E-state index in [0.29, 0.717) is 57.9 Å². The van der Waals surface area contributed by atoms with Gasteiger partial charge in [0.15, 0.2) is 0 Å². The summed E-state index contributed by atoms with van der Waals surface area (Å²) in [6.45, 7) is 8.93. The second kappa shape index (κ2) is 11.2. The molecule has 0 bridgehead atoms. The van der Waals surface area contributed by atoms with E-state index in [1.165, 1.54) is 10.9 Å². The number of hydrogen-bond donors (Lipinski definition) is 2. The first-order valence-corrected chi connectivity index (χ1v) is 14.7. The molecule has 9 nitrogen and oxygen atoms in total. The van der Waals surface area contributed by atoms with Gasteiger partial charge >= 0.3 is 0 Å². The number of nitriles is 1. The van der Waals surface area contributed by atoms with Crippen molar-refractivity contribution in [2.24, 2.45) is 5.41 Å². The third-order valence-corrected chi connectivity index (χ3v) is 8.31. The number of anilines is 2. The highest BCUT2D eigenvalue weighted by Gasteiger charge is 2.54. The Bertz CT molecular complexity index is 1870. The molecule has 0 aliphatic heterocycles. The molecule has 0 unspecified atom stereocenters. The highest BCUT2D eigenvalue weighted by Crippen LogP contribution is 2.48. The molecule has 2 N–H and O–H groups in total. The molecule has 226 valence electrons. The Hall–Kier alpha value is -4.56. The van der Waals surface area contributed by atoms with Gasteiger partial charge in [0.05, 0.1) is 40.4 Å². The smallest absolute Gasteiger partial charge is 0.263 e. The van der Waals surface area contributed by atoms with Crippen molar-refractivity contribution in [2.75, 3.05) is 17.2 Å². The number of imidazole rings is 1. The normalized spacial score (nSPS) is 14.9. The quantitative estimate of drug-likeness (QED) is 0.180. The average molecular weight is 616 g/mol. The van der Waals surface area contributed by atoms with Gasteiger partial charge in [-0.1, -0.05) is 49.7 Å². The number of aromatic nitrogens is 6. The molecule has 3 heterocycles. The molecule has 1 saturated carbocycles. The summed E-state index contributed by atoms with van der Waals surface area (Å²) >= 11 is 6.79. The van der Waals surface area contributed by atoms with E-state index in [9.17, 15) is 14.0 Å². The number of rotatable bonds is 9. The minimum atomic E-state index is -2.55. The van der Waals surface area contributed by atoms with Crippen molar-refractivity contribution >= 4 is 33.9 Å². The maximum Gasteiger partial charge on any atom is 0.263 e. The van der Waals surface area contributed by atoms with E-state index in [-0.39, 0.29) is 5.41 Å². The zero-order chi connectivity index (χ0) is 31.2. The van der Waals surface area contributed by atoms with E-state index in [1.807, 2.05) is 42.0 Å². The van der Waals surface area contributed by atoms with Crippen molar-refractivity contribution in [1.82, 2.24) is 29.5 Å². The average Bonchev–Trinajstić information content (AvgIpc) is 3.36. The molecule has 0 amide bonds. The van der Waals surface area contributed by atoms with Crippen LogP contribution in [-0.4, -0.2) is 42.5 Å². The molecular formula is C32H32ClF2N9. The van der Waals surface area contributed by atoms with Gasteiger partial charge in [-0.15, -0.1) is 5.10 Å². The van der Waals surface area contributed by atoms with Crippen LogP contribution in [0.3, 0.4) is 0 Å². The van der Waals surface area contributed by atoms with Crippen LogP contribution in [0.4, 0.5) is 20.2 Å². The lowest BCUT2D eigenvalue weighted by Crippen LogP contribution is -2.26. The van der Waals surface area contributed by atoms with Crippen molar-refractivity contribution < 1.29 is 8.78 Å². The highest BCUT2D eigenvalue weighted by atomic mass is 35.5. The summed E-state index contributed by atoms with van der Waals surface area (Å²) in [7, 11) is 0. The lowest BCUT2D eigenvalue weighted by molar-refractivity contribution is 0.0593. The van der Waals surface area contributed by atoms with Gasteiger partial charge in [0, 0.05) is 41.9 Å². The van der Waals surface area contributed by atoms with Crippen LogP contribution in [0.25, 0.3) is 16.6 Å².